The minimum atomic E-state index is -0.170. The molecule has 0 unspecified atom stereocenters. The van der Waals surface area contributed by atoms with E-state index in [-0.39, 0.29) is 5.97 Å². The van der Waals surface area contributed by atoms with Gasteiger partial charge in [0, 0.05) is 6.42 Å². The van der Waals surface area contributed by atoms with Gasteiger partial charge in [0.2, 0.25) is 0 Å². The Labute approximate surface area is 116 Å². The molecule has 0 spiro atoms. The maximum absolute atomic E-state index is 11.2. The molecule has 1 saturated carbocycles. The predicted octanol–water partition coefficient (Wildman–Crippen LogP) is 4.69. The first-order valence-corrected chi connectivity index (χ1v) is 7.53. The molecule has 19 heavy (non-hydrogen) atoms. The molecular formula is C17H24O2. The molecule has 0 N–H and O–H groups in total. The van der Waals surface area contributed by atoms with E-state index in [4.69, 9.17) is 4.74 Å². The Balaban J connectivity index is 1.93. The molecule has 0 atom stereocenters. The van der Waals surface area contributed by atoms with Crippen molar-refractivity contribution in [1.82, 2.24) is 0 Å². The number of benzene rings is 1. The van der Waals surface area contributed by atoms with Crippen LogP contribution in [0.3, 0.4) is 0 Å². The summed E-state index contributed by atoms with van der Waals surface area (Å²) in [5.41, 5.74) is 1.39. The molecule has 2 rings (SSSR count). The van der Waals surface area contributed by atoms with Crippen LogP contribution in [-0.2, 0) is 4.79 Å². The second kappa shape index (κ2) is 6.74. The molecule has 0 saturated heterocycles. The third-order valence-corrected chi connectivity index (χ3v) is 4.30. The number of esters is 1. The minimum absolute atomic E-state index is 0.170. The number of rotatable bonds is 4. The molecule has 104 valence electrons. The SMILES string of the molecule is CCC(=O)Oc1ccc(C2CCC(CC)CC2)cc1. The van der Waals surface area contributed by atoms with Crippen molar-refractivity contribution in [3.05, 3.63) is 29.8 Å². The standard InChI is InChI=1S/C17H24O2/c1-3-13-5-7-14(8-6-13)15-9-11-16(12-10-15)19-17(18)4-2/h9-14H,3-8H2,1-2H3. The summed E-state index contributed by atoms with van der Waals surface area (Å²) in [6.07, 6.45) is 7.04. The molecule has 0 aliphatic heterocycles. The van der Waals surface area contributed by atoms with Gasteiger partial charge in [0.15, 0.2) is 0 Å². The van der Waals surface area contributed by atoms with E-state index in [1.807, 2.05) is 19.1 Å². The van der Waals surface area contributed by atoms with Gasteiger partial charge >= 0.3 is 5.97 Å². The summed E-state index contributed by atoms with van der Waals surface area (Å²) in [4.78, 5) is 11.2. The maximum atomic E-state index is 11.2. The van der Waals surface area contributed by atoms with Gasteiger partial charge in [-0.15, -0.1) is 0 Å². The summed E-state index contributed by atoms with van der Waals surface area (Å²) in [5.74, 6) is 2.12. The largest absolute Gasteiger partial charge is 0.427 e. The van der Waals surface area contributed by atoms with Gasteiger partial charge in [0.25, 0.3) is 0 Å². The van der Waals surface area contributed by atoms with Gasteiger partial charge in [-0.2, -0.15) is 0 Å². The summed E-state index contributed by atoms with van der Waals surface area (Å²) in [6, 6.07) is 8.09. The van der Waals surface area contributed by atoms with Crippen molar-refractivity contribution in [3.8, 4) is 5.75 Å². The molecule has 1 aliphatic carbocycles. The molecule has 0 radical (unpaired) electrons. The van der Waals surface area contributed by atoms with Crippen LogP contribution in [-0.4, -0.2) is 5.97 Å². The average molecular weight is 260 g/mol. The van der Waals surface area contributed by atoms with Crippen LogP contribution in [0.15, 0.2) is 24.3 Å². The fourth-order valence-corrected chi connectivity index (χ4v) is 2.92. The van der Waals surface area contributed by atoms with Crippen LogP contribution >= 0.6 is 0 Å². The van der Waals surface area contributed by atoms with Crippen molar-refractivity contribution < 1.29 is 9.53 Å². The number of carbonyl (C=O) groups excluding carboxylic acids is 1. The Morgan fingerprint density at radius 3 is 2.26 bits per heavy atom. The number of hydrogen-bond donors (Lipinski definition) is 0. The second-order valence-corrected chi connectivity index (χ2v) is 5.52. The Kier molecular flexibility index (Phi) is 5.00. The van der Waals surface area contributed by atoms with E-state index in [2.05, 4.69) is 19.1 Å². The zero-order valence-corrected chi connectivity index (χ0v) is 12.0. The molecule has 1 aromatic carbocycles. The zero-order valence-electron chi connectivity index (χ0n) is 12.0. The fraction of sp³-hybridized carbons (Fsp3) is 0.588. The normalized spacial score (nSPS) is 23.1. The van der Waals surface area contributed by atoms with Gasteiger partial charge < -0.3 is 4.74 Å². The lowest BCUT2D eigenvalue weighted by Gasteiger charge is -2.28. The highest BCUT2D eigenvalue weighted by Crippen LogP contribution is 2.37. The van der Waals surface area contributed by atoms with Crippen LogP contribution in [0.2, 0.25) is 0 Å². The predicted molar refractivity (Wildman–Crippen MR) is 77.4 cm³/mol. The topological polar surface area (TPSA) is 26.3 Å². The first-order chi connectivity index (χ1) is 9.22. The maximum Gasteiger partial charge on any atom is 0.310 e. The quantitative estimate of drug-likeness (QED) is 0.580. The smallest absolute Gasteiger partial charge is 0.310 e. The van der Waals surface area contributed by atoms with Crippen LogP contribution in [0.25, 0.3) is 0 Å². The van der Waals surface area contributed by atoms with Crippen molar-refractivity contribution in [2.24, 2.45) is 5.92 Å². The number of hydrogen-bond acceptors (Lipinski definition) is 2. The lowest BCUT2D eigenvalue weighted by atomic mass is 9.78. The molecule has 1 aromatic rings. The zero-order chi connectivity index (χ0) is 13.7. The molecule has 0 aromatic heterocycles. The summed E-state index contributed by atoms with van der Waals surface area (Å²) in [6.45, 7) is 4.10. The molecular weight excluding hydrogens is 236 g/mol. The lowest BCUT2D eigenvalue weighted by Crippen LogP contribution is -2.12. The van der Waals surface area contributed by atoms with Gasteiger partial charge in [-0.25, -0.2) is 0 Å². The van der Waals surface area contributed by atoms with E-state index < -0.39 is 0 Å². The summed E-state index contributed by atoms with van der Waals surface area (Å²) < 4.78 is 5.20. The van der Waals surface area contributed by atoms with E-state index in [9.17, 15) is 4.79 Å². The average Bonchev–Trinajstić information content (AvgIpc) is 2.48. The third-order valence-electron chi connectivity index (χ3n) is 4.30. The van der Waals surface area contributed by atoms with Gasteiger partial charge in [-0.3, -0.25) is 4.79 Å². The summed E-state index contributed by atoms with van der Waals surface area (Å²) >= 11 is 0. The van der Waals surface area contributed by atoms with E-state index in [1.165, 1.54) is 37.7 Å². The van der Waals surface area contributed by atoms with Crippen molar-refractivity contribution in [1.29, 1.82) is 0 Å². The minimum Gasteiger partial charge on any atom is -0.427 e. The Bertz CT molecular complexity index is 400. The Hall–Kier alpha value is -1.31. The highest BCUT2D eigenvalue weighted by Gasteiger charge is 2.21. The van der Waals surface area contributed by atoms with Crippen LogP contribution in [0, 0.1) is 5.92 Å². The van der Waals surface area contributed by atoms with Crippen LogP contribution in [0.5, 0.6) is 5.75 Å². The van der Waals surface area contributed by atoms with Crippen molar-refractivity contribution >= 4 is 5.97 Å². The molecule has 2 nitrogen and oxygen atoms in total. The van der Waals surface area contributed by atoms with E-state index >= 15 is 0 Å². The molecule has 1 fully saturated rings. The van der Waals surface area contributed by atoms with Crippen molar-refractivity contribution in [3.63, 3.8) is 0 Å². The van der Waals surface area contributed by atoms with E-state index in [0.29, 0.717) is 18.1 Å². The number of ether oxygens (including phenoxy) is 1. The first-order valence-electron chi connectivity index (χ1n) is 7.53. The highest BCUT2D eigenvalue weighted by molar-refractivity contribution is 5.71. The molecule has 1 aliphatic rings. The second-order valence-electron chi connectivity index (χ2n) is 5.52. The summed E-state index contributed by atoms with van der Waals surface area (Å²) in [7, 11) is 0. The highest BCUT2D eigenvalue weighted by atomic mass is 16.5. The van der Waals surface area contributed by atoms with E-state index in [1.54, 1.807) is 0 Å². The fourth-order valence-electron chi connectivity index (χ4n) is 2.92. The van der Waals surface area contributed by atoms with Gasteiger partial charge in [0.1, 0.15) is 5.75 Å². The van der Waals surface area contributed by atoms with Crippen molar-refractivity contribution in [2.75, 3.05) is 0 Å². The molecule has 0 heterocycles. The van der Waals surface area contributed by atoms with Crippen LogP contribution in [0.4, 0.5) is 0 Å². The van der Waals surface area contributed by atoms with Crippen LogP contribution in [0.1, 0.15) is 63.9 Å². The molecule has 0 amide bonds. The van der Waals surface area contributed by atoms with Crippen molar-refractivity contribution in [2.45, 2.75) is 58.3 Å². The van der Waals surface area contributed by atoms with Gasteiger partial charge in [-0.05, 0) is 55.2 Å². The monoisotopic (exact) mass is 260 g/mol. The van der Waals surface area contributed by atoms with Gasteiger partial charge in [0.05, 0.1) is 0 Å². The lowest BCUT2D eigenvalue weighted by molar-refractivity contribution is -0.134. The Morgan fingerprint density at radius 2 is 1.74 bits per heavy atom. The first kappa shape index (κ1) is 14.1. The summed E-state index contributed by atoms with van der Waals surface area (Å²) in [5, 5.41) is 0. The molecule has 0 bridgehead atoms. The van der Waals surface area contributed by atoms with Gasteiger partial charge in [-0.1, -0.05) is 32.4 Å². The molecule has 2 heteroatoms. The van der Waals surface area contributed by atoms with Crippen LogP contribution < -0.4 is 4.74 Å². The van der Waals surface area contributed by atoms with E-state index in [0.717, 1.165) is 5.92 Å². The third kappa shape index (κ3) is 3.82. The number of carbonyl (C=O) groups is 1. The Morgan fingerprint density at radius 1 is 1.11 bits per heavy atom.